The van der Waals surface area contributed by atoms with Crippen LogP contribution in [0.5, 0.6) is 0 Å². The molecule has 0 aliphatic carbocycles. The Kier molecular flexibility index (Phi) is 3.42. The third-order valence-corrected chi connectivity index (χ3v) is 2.67. The molecular formula is C9H10BrNO2. The summed E-state index contributed by atoms with van der Waals surface area (Å²) in [5, 5.41) is 10.1. The van der Waals surface area contributed by atoms with Gasteiger partial charge in [0.15, 0.2) is 0 Å². The fraction of sp³-hybridized carbons (Fsp3) is 0.333. The lowest BCUT2D eigenvalue weighted by atomic mass is 10.1. The van der Waals surface area contributed by atoms with E-state index in [1.807, 2.05) is 25.1 Å². The average molecular weight is 244 g/mol. The standard InChI is InChI=1S/C9H10BrNO2/c1-7-2-3-8(6-9(7)10)4-5-11(12)13/h2-3,6H,4-5H2,1H3. The maximum Gasteiger partial charge on any atom is 0.207 e. The molecule has 1 aromatic carbocycles. The fourth-order valence-electron chi connectivity index (χ4n) is 1.01. The lowest BCUT2D eigenvalue weighted by Gasteiger charge is -2.01. The highest BCUT2D eigenvalue weighted by atomic mass is 79.9. The van der Waals surface area contributed by atoms with Gasteiger partial charge in [-0.15, -0.1) is 0 Å². The third-order valence-electron chi connectivity index (χ3n) is 1.82. The summed E-state index contributed by atoms with van der Waals surface area (Å²) in [4.78, 5) is 9.82. The Balaban J connectivity index is 2.68. The van der Waals surface area contributed by atoms with E-state index < -0.39 is 0 Å². The number of aryl methyl sites for hydroxylation is 1. The highest BCUT2D eigenvalue weighted by Gasteiger charge is 2.01. The van der Waals surface area contributed by atoms with Crippen LogP contribution < -0.4 is 0 Å². The summed E-state index contributed by atoms with van der Waals surface area (Å²) < 4.78 is 1.01. The lowest BCUT2D eigenvalue weighted by Crippen LogP contribution is -2.03. The molecular weight excluding hydrogens is 234 g/mol. The van der Waals surface area contributed by atoms with Crippen LogP contribution in [0.4, 0.5) is 0 Å². The molecule has 0 spiro atoms. The van der Waals surface area contributed by atoms with Gasteiger partial charge in [-0.3, -0.25) is 10.1 Å². The number of nitrogens with zero attached hydrogens (tertiary/aromatic N) is 1. The molecule has 0 atom stereocenters. The number of nitro groups is 1. The first kappa shape index (κ1) is 10.2. The first-order valence-corrected chi connectivity index (χ1v) is 4.75. The second-order valence-corrected chi connectivity index (χ2v) is 3.74. The SMILES string of the molecule is Cc1ccc(CC[N+](=O)[O-])cc1Br. The van der Waals surface area contributed by atoms with Crippen molar-refractivity contribution in [1.29, 1.82) is 0 Å². The van der Waals surface area contributed by atoms with E-state index in [1.165, 1.54) is 0 Å². The summed E-state index contributed by atoms with van der Waals surface area (Å²) in [5.41, 5.74) is 2.14. The van der Waals surface area contributed by atoms with Crippen LogP contribution in [-0.4, -0.2) is 11.5 Å². The molecule has 0 fully saturated rings. The zero-order valence-corrected chi connectivity index (χ0v) is 8.87. The number of rotatable bonds is 3. The minimum Gasteiger partial charge on any atom is -0.265 e. The predicted molar refractivity (Wildman–Crippen MR) is 54.4 cm³/mol. The fourth-order valence-corrected chi connectivity index (χ4v) is 1.44. The third kappa shape index (κ3) is 3.14. The van der Waals surface area contributed by atoms with Crippen LogP contribution in [0, 0.1) is 17.0 Å². The summed E-state index contributed by atoms with van der Waals surface area (Å²) in [6, 6.07) is 5.81. The van der Waals surface area contributed by atoms with E-state index in [0.717, 1.165) is 15.6 Å². The number of hydrogen-bond donors (Lipinski definition) is 0. The van der Waals surface area contributed by atoms with Gasteiger partial charge < -0.3 is 0 Å². The van der Waals surface area contributed by atoms with Crippen LogP contribution in [0.25, 0.3) is 0 Å². The number of hydrogen-bond acceptors (Lipinski definition) is 2. The molecule has 0 aliphatic heterocycles. The van der Waals surface area contributed by atoms with Gasteiger partial charge in [0.05, 0.1) is 0 Å². The molecule has 13 heavy (non-hydrogen) atoms. The van der Waals surface area contributed by atoms with Gasteiger partial charge in [0, 0.05) is 15.8 Å². The maximum absolute atomic E-state index is 10.1. The van der Waals surface area contributed by atoms with E-state index in [1.54, 1.807) is 0 Å². The summed E-state index contributed by atoms with van der Waals surface area (Å²) in [6.07, 6.45) is 0.492. The highest BCUT2D eigenvalue weighted by molar-refractivity contribution is 9.10. The first-order chi connectivity index (χ1) is 6.09. The normalized spacial score (nSPS) is 10.0. The van der Waals surface area contributed by atoms with E-state index in [4.69, 9.17) is 0 Å². The van der Waals surface area contributed by atoms with Crippen LogP contribution in [0.1, 0.15) is 11.1 Å². The van der Waals surface area contributed by atoms with Crippen LogP contribution in [0.15, 0.2) is 22.7 Å². The lowest BCUT2D eigenvalue weighted by molar-refractivity contribution is -0.479. The Morgan fingerprint density at radius 3 is 2.77 bits per heavy atom. The van der Waals surface area contributed by atoms with Crippen molar-refractivity contribution in [2.75, 3.05) is 6.54 Å². The summed E-state index contributed by atoms with van der Waals surface area (Å²) in [7, 11) is 0. The second kappa shape index (κ2) is 4.37. The monoisotopic (exact) mass is 243 g/mol. The largest absolute Gasteiger partial charge is 0.265 e. The number of halogens is 1. The van der Waals surface area contributed by atoms with Crippen LogP contribution >= 0.6 is 15.9 Å². The molecule has 0 saturated heterocycles. The molecule has 0 aliphatic rings. The van der Waals surface area contributed by atoms with E-state index in [2.05, 4.69) is 15.9 Å². The Morgan fingerprint density at radius 2 is 2.23 bits per heavy atom. The van der Waals surface area contributed by atoms with Gasteiger partial charge in [0.1, 0.15) is 0 Å². The number of benzene rings is 1. The van der Waals surface area contributed by atoms with Gasteiger partial charge in [-0.2, -0.15) is 0 Å². The highest BCUT2D eigenvalue weighted by Crippen LogP contribution is 2.17. The summed E-state index contributed by atoms with van der Waals surface area (Å²) in [5.74, 6) is 0. The molecule has 4 heteroatoms. The maximum atomic E-state index is 10.1. The van der Waals surface area contributed by atoms with Crippen molar-refractivity contribution < 1.29 is 4.92 Å². The first-order valence-electron chi connectivity index (χ1n) is 3.96. The Hall–Kier alpha value is -0.900. The molecule has 0 amide bonds. The Morgan fingerprint density at radius 1 is 1.54 bits per heavy atom. The Bertz CT molecular complexity index is 325. The van der Waals surface area contributed by atoms with Crippen molar-refractivity contribution in [2.45, 2.75) is 13.3 Å². The van der Waals surface area contributed by atoms with Crippen molar-refractivity contribution in [3.63, 3.8) is 0 Å². The van der Waals surface area contributed by atoms with Gasteiger partial charge >= 0.3 is 0 Å². The van der Waals surface area contributed by atoms with E-state index >= 15 is 0 Å². The average Bonchev–Trinajstić information content (AvgIpc) is 2.07. The quantitative estimate of drug-likeness (QED) is 0.605. The molecule has 1 rings (SSSR count). The molecule has 70 valence electrons. The van der Waals surface area contributed by atoms with Crippen molar-refractivity contribution >= 4 is 15.9 Å². The Labute approximate surface area is 85.0 Å². The van der Waals surface area contributed by atoms with E-state index in [-0.39, 0.29) is 11.5 Å². The molecule has 0 unspecified atom stereocenters. The van der Waals surface area contributed by atoms with Crippen molar-refractivity contribution in [1.82, 2.24) is 0 Å². The molecule has 0 bridgehead atoms. The minimum atomic E-state index is -0.298. The van der Waals surface area contributed by atoms with Crippen LogP contribution in [-0.2, 0) is 6.42 Å². The summed E-state index contributed by atoms with van der Waals surface area (Å²) >= 11 is 3.38. The van der Waals surface area contributed by atoms with Gasteiger partial charge in [-0.25, -0.2) is 0 Å². The smallest absolute Gasteiger partial charge is 0.207 e. The van der Waals surface area contributed by atoms with Gasteiger partial charge in [0.2, 0.25) is 6.54 Å². The van der Waals surface area contributed by atoms with Crippen LogP contribution in [0.3, 0.4) is 0 Å². The molecule has 0 heterocycles. The predicted octanol–water partition coefficient (Wildman–Crippen LogP) is 2.58. The van der Waals surface area contributed by atoms with Crippen molar-refractivity contribution in [3.8, 4) is 0 Å². The second-order valence-electron chi connectivity index (χ2n) is 2.89. The minimum absolute atomic E-state index is 0.00446. The molecule has 0 saturated carbocycles. The molecule has 0 aromatic heterocycles. The molecule has 0 N–H and O–H groups in total. The van der Waals surface area contributed by atoms with Gasteiger partial charge in [-0.05, 0) is 24.1 Å². The van der Waals surface area contributed by atoms with Gasteiger partial charge in [-0.1, -0.05) is 28.1 Å². The zero-order chi connectivity index (χ0) is 9.84. The summed E-state index contributed by atoms with van der Waals surface area (Å²) in [6.45, 7) is 1.98. The van der Waals surface area contributed by atoms with E-state index in [9.17, 15) is 10.1 Å². The topological polar surface area (TPSA) is 43.1 Å². The zero-order valence-electron chi connectivity index (χ0n) is 7.29. The van der Waals surface area contributed by atoms with Crippen molar-refractivity contribution in [2.24, 2.45) is 0 Å². The van der Waals surface area contributed by atoms with E-state index in [0.29, 0.717) is 6.42 Å². The molecule has 1 aromatic rings. The van der Waals surface area contributed by atoms with Crippen molar-refractivity contribution in [3.05, 3.63) is 43.9 Å². The van der Waals surface area contributed by atoms with Gasteiger partial charge in [0.25, 0.3) is 0 Å². The molecule has 0 radical (unpaired) electrons. The molecule has 3 nitrogen and oxygen atoms in total. The van der Waals surface area contributed by atoms with Crippen LogP contribution in [0.2, 0.25) is 0 Å².